The number of aliphatic hydroxyl groups excluding tert-OH is 1. The van der Waals surface area contributed by atoms with Crippen LogP contribution in [0.25, 0.3) is 0 Å². The maximum absolute atomic E-state index is 10.1. The molecule has 1 saturated carbocycles. The molecule has 17 heavy (non-hydrogen) atoms. The maximum atomic E-state index is 10.1. The SMILES string of the molecule is CC1CCC(O)C(CC2Cc3ccccc32)C1. The predicted molar refractivity (Wildman–Crippen MR) is 70.0 cm³/mol. The highest BCUT2D eigenvalue weighted by molar-refractivity contribution is 5.39. The Hall–Kier alpha value is -0.820. The summed E-state index contributed by atoms with van der Waals surface area (Å²) in [7, 11) is 0. The van der Waals surface area contributed by atoms with Gasteiger partial charge in [-0.25, -0.2) is 0 Å². The lowest BCUT2D eigenvalue weighted by atomic mass is 9.69. The predicted octanol–water partition coefficient (Wildman–Crippen LogP) is 3.51. The minimum atomic E-state index is -0.0426. The van der Waals surface area contributed by atoms with E-state index in [4.69, 9.17) is 0 Å². The van der Waals surface area contributed by atoms with Crippen LogP contribution in [0.1, 0.15) is 49.7 Å². The monoisotopic (exact) mass is 230 g/mol. The van der Waals surface area contributed by atoms with Crippen molar-refractivity contribution in [2.75, 3.05) is 0 Å². The molecule has 2 aliphatic carbocycles. The molecule has 2 aliphatic rings. The molecule has 0 aliphatic heterocycles. The van der Waals surface area contributed by atoms with E-state index in [-0.39, 0.29) is 6.10 Å². The van der Waals surface area contributed by atoms with Gasteiger partial charge in [0.2, 0.25) is 0 Å². The maximum Gasteiger partial charge on any atom is 0.0568 e. The molecule has 4 unspecified atom stereocenters. The molecule has 4 atom stereocenters. The van der Waals surface area contributed by atoms with Gasteiger partial charge >= 0.3 is 0 Å². The molecule has 1 nitrogen and oxygen atoms in total. The van der Waals surface area contributed by atoms with Crippen LogP contribution in [-0.2, 0) is 6.42 Å². The molecule has 92 valence electrons. The summed E-state index contributed by atoms with van der Waals surface area (Å²) in [5, 5.41) is 10.1. The van der Waals surface area contributed by atoms with Gasteiger partial charge in [-0.15, -0.1) is 0 Å². The third-order valence-corrected chi connectivity index (χ3v) is 4.75. The van der Waals surface area contributed by atoms with Crippen molar-refractivity contribution in [2.24, 2.45) is 11.8 Å². The highest BCUT2D eigenvalue weighted by Gasteiger charge is 2.33. The van der Waals surface area contributed by atoms with E-state index in [0.717, 1.165) is 18.3 Å². The summed E-state index contributed by atoms with van der Waals surface area (Å²) < 4.78 is 0. The summed E-state index contributed by atoms with van der Waals surface area (Å²) >= 11 is 0. The second-order valence-corrected chi connectivity index (χ2v) is 6.08. The molecule has 0 aromatic heterocycles. The number of hydrogen-bond donors (Lipinski definition) is 1. The molecular formula is C16H22O. The highest BCUT2D eigenvalue weighted by Crippen LogP contribution is 2.43. The van der Waals surface area contributed by atoms with Crippen molar-refractivity contribution in [3.63, 3.8) is 0 Å². The lowest BCUT2D eigenvalue weighted by Crippen LogP contribution is -2.31. The molecule has 0 heterocycles. The van der Waals surface area contributed by atoms with Gasteiger partial charge in [0, 0.05) is 0 Å². The zero-order valence-electron chi connectivity index (χ0n) is 10.6. The number of aliphatic hydroxyl groups is 1. The van der Waals surface area contributed by atoms with Gasteiger partial charge in [-0.3, -0.25) is 0 Å². The van der Waals surface area contributed by atoms with Crippen molar-refractivity contribution in [3.05, 3.63) is 35.4 Å². The average molecular weight is 230 g/mol. The first kappa shape index (κ1) is 11.3. The molecule has 1 heteroatoms. The number of fused-ring (bicyclic) bond motifs is 1. The standard InChI is InChI=1S/C16H22O/c1-11-6-7-16(17)14(8-11)10-13-9-12-4-2-3-5-15(12)13/h2-5,11,13-14,16-17H,6-10H2,1H3. The Morgan fingerprint density at radius 3 is 2.88 bits per heavy atom. The molecule has 1 aromatic rings. The summed E-state index contributed by atoms with van der Waals surface area (Å²) in [6, 6.07) is 8.78. The summed E-state index contributed by atoms with van der Waals surface area (Å²) in [6.07, 6.45) is 5.83. The highest BCUT2D eigenvalue weighted by atomic mass is 16.3. The molecule has 0 radical (unpaired) electrons. The van der Waals surface area contributed by atoms with Gasteiger partial charge in [0.1, 0.15) is 0 Å². The Morgan fingerprint density at radius 1 is 1.24 bits per heavy atom. The van der Waals surface area contributed by atoms with E-state index in [0.29, 0.717) is 5.92 Å². The molecule has 0 bridgehead atoms. The topological polar surface area (TPSA) is 20.2 Å². The van der Waals surface area contributed by atoms with Crippen LogP contribution >= 0.6 is 0 Å². The first-order valence-corrected chi connectivity index (χ1v) is 7.00. The summed E-state index contributed by atoms with van der Waals surface area (Å²) in [4.78, 5) is 0. The number of benzene rings is 1. The molecule has 1 aromatic carbocycles. The molecular weight excluding hydrogens is 208 g/mol. The first-order valence-electron chi connectivity index (χ1n) is 7.00. The molecule has 0 saturated heterocycles. The zero-order chi connectivity index (χ0) is 11.8. The minimum Gasteiger partial charge on any atom is -0.393 e. The van der Waals surface area contributed by atoms with E-state index in [1.807, 2.05) is 0 Å². The van der Waals surface area contributed by atoms with E-state index in [1.54, 1.807) is 0 Å². The van der Waals surface area contributed by atoms with Crippen molar-refractivity contribution in [1.29, 1.82) is 0 Å². The second kappa shape index (κ2) is 4.45. The van der Waals surface area contributed by atoms with Crippen molar-refractivity contribution >= 4 is 0 Å². The van der Waals surface area contributed by atoms with Gasteiger partial charge in [0.15, 0.2) is 0 Å². The number of rotatable bonds is 2. The van der Waals surface area contributed by atoms with Gasteiger partial charge in [-0.05, 0) is 61.0 Å². The zero-order valence-corrected chi connectivity index (χ0v) is 10.6. The Kier molecular flexibility index (Phi) is 2.96. The van der Waals surface area contributed by atoms with E-state index in [1.165, 1.54) is 36.8 Å². The lowest BCUT2D eigenvalue weighted by Gasteiger charge is -2.38. The van der Waals surface area contributed by atoms with Gasteiger partial charge in [-0.1, -0.05) is 31.2 Å². The third-order valence-electron chi connectivity index (χ3n) is 4.75. The van der Waals surface area contributed by atoms with Gasteiger partial charge < -0.3 is 5.11 Å². The van der Waals surface area contributed by atoms with Crippen LogP contribution in [0.5, 0.6) is 0 Å². The van der Waals surface area contributed by atoms with Crippen LogP contribution in [0.15, 0.2) is 24.3 Å². The average Bonchev–Trinajstić information content (AvgIpc) is 2.30. The van der Waals surface area contributed by atoms with Crippen molar-refractivity contribution in [3.8, 4) is 0 Å². The van der Waals surface area contributed by atoms with Gasteiger partial charge in [-0.2, -0.15) is 0 Å². The van der Waals surface area contributed by atoms with E-state index >= 15 is 0 Å². The van der Waals surface area contributed by atoms with Crippen molar-refractivity contribution in [2.45, 2.75) is 51.0 Å². The minimum absolute atomic E-state index is 0.0426. The molecule has 0 amide bonds. The molecule has 3 rings (SSSR count). The van der Waals surface area contributed by atoms with Crippen LogP contribution in [0.4, 0.5) is 0 Å². The van der Waals surface area contributed by atoms with Crippen LogP contribution in [0.2, 0.25) is 0 Å². The summed E-state index contributed by atoms with van der Waals surface area (Å²) in [5.41, 5.74) is 3.06. The van der Waals surface area contributed by atoms with E-state index in [2.05, 4.69) is 31.2 Å². The van der Waals surface area contributed by atoms with E-state index in [9.17, 15) is 5.11 Å². The second-order valence-electron chi connectivity index (χ2n) is 6.08. The molecule has 1 N–H and O–H groups in total. The van der Waals surface area contributed by atoms with Crippen LogP contribution in [-0.4, -0.2) is 11.2 Å². The third kappa shape index (κ3) is 2.13. The summed E-state index contributed by atoms with van der Waals surface area (Å²) in [6.45, 7) is 2.33. The lowest BCUT2D eigenvalue weighted by molar-refractivity contribution is 0.0425. The molecule has 0 spiro atoms. The first-order chi connectivity index (χ1) is 8.24. The van der Waals surface area contributed by atoms with Crippen LogP contribution < -0.4 is 0 Å². The fourth-order valence-electron chi connectivity index (χ4n) is 3.67. The van der Waals surface area contributed by atoms with Crippen molar-refractivity contribution in [1.82, 2.24) is 0 Å². The smallest absolute Gasteiger partial charge is 0.0568 e. The normalized spacial score (nSPS) is 36.1. The fraction of sp³-hybridized carbons (Fsp3) is 0.625. The quantitative estimate of drug-likeness (QED) is 0.824. The van der Waals surface area contributed by atoms with Gasteiger partial charge in [0.05, 0.1) is 6.10 Å². The Balaban J connectivity index is 1.65. The fourth-order valence-corrected chi connectivity index (χ4v) is 3.67. The molecule has 1 fully saturated rings. The Labute approximate surface area is 104 Å². The van der Waals surface area contributed by atoms with Crippen LogP contribution in [0.3, 0.4) is 0 Å². The Bertz CT molecular complexity index is 398. The van der Waals surface area contributed by atoms with E-state index < -0.39 is 0 Å². The summed E-state index contributed by atoms with van der Waals surface area (Å²) in [5.74, 6) is 2.06. The van der Waals surface area contributed by atoms with Crippen molar-refractivity contribution < 1.29 is 5.11 Å². The van der Waals surface area contributed by atoms with Gasteiger partial charge in [0.25, 0.3) is 0 Å². The van der Waals surface area contributed by atoms with Crippen LogP contribution in [0, 0.1) is 11.8 Å². The number of hydrogen-bond acceptors (Lipinski definition) is 1. The largest absolute Gasteiger partial charge is 0.393 e. The Morgan fingerprint density at radius 2 is 2.06 bits per heavy atom.